The highest BCUT2D eigenvalue weighted by Crippen LogP contribution is 2.21. The summed E-state index contributed by atoms with van der Waals surface area (Å²) in [7, 11) is 0. The van der Waals surface area contributed by atoms with Crippen LogP contribution in [0.1, 0.15) is 9.88 Å². The summed E-state index contributed by atoms with van der Waals surface area (Å²) in [6.07, 6.45) is 1.86. The van der Waals surface area contributed by atoms with Gasteiger partial charge in [-0.1, -0.05) is 0 Å². The molecule has 2 aromatic heterocycles. The molecule has 0 spiro atoms. The van der Waals surface area contributed by atoms with Gasteiger partial charge in [0.25, 0.3) is 6.01 Å². The molecule has 5 nitrogen and oxygen atoms in total. The third kappa shape index (κ3) is 2.14. The fourth-order valence-corrected chi connectivity index (χ4v) is 2.38. The lowest BCUT2D eigenvalue weighted by Crippen LogP contribution is -1.98. The third-order valence-electron chi connectivity index (χ3n) is 2.47. The fraction of sp³-hybridized carbons (Fsp3) is 0.167. The minimum atomic E-state index is 0.489. The second kappa shape index (κ2) is 4.30. The highest BCUT2D eigenvalue weighted by molar-refractivity contribution is 7.11. The molecule has 1 aromatic carbocycles. The molecule has 0 amide bonds. The molecule has 6 heteroatoms. The summed E-state index contributed by atoms with van der Waals surface area (Å²) >= 11 is 1.65. The highest BCUT2D eigenvalue weighted by Gasteiger charge is 2.06. The zero-order chi connectivity index (χ0) is 12.5. The number of hydrogen-bond donors (Lipinski definition) is 2. The molecular formula is C12H12N4OS. The van der Waals surface area contributed by atoms with Gasteiger partial charge in [-0.25, -0.2) is 4.98 Å². The summed E-state index contributed by atoms with van der Waals surface area (Å²) in [6, 6.07) is 5.90. The Bertz CT molecular complexity index is 688. The smallest absolute Gasteiger partial charge is 0.296 e. The Morgan fingerprint density at radius 2 is 2.33 bits per heavy atom. The molecular weight excluding hydrogens is 248 g/mol. The number of oxazole rings is 1. The normalized spacial score (nSPS) is 10.9. The second-order valence-corrected chi connectivity index (χ2v) is 5.28. The monoisotopic (exact) mass is 260 g/mol. The van der Waals surface area contributed by atoms with E-state index in [0.717, 1.165) is 10.5 Å². The van der Waals surface area contributed by atoms with E-state index in [1.165, 1.54) is 4.88 Å². The maximum atomic E-state index is 5.68. The van der Waals surface area contributed by atoms with Gasteiger partial charge in [0.15, 0.2) is 5.58 Å². The number of hydrogen-bond acceptors (Lipinski definition) is 6. The number of benzene rings is 1. The van der Waals surface area contributed by atoms with Crippen LogP contribution in [0.5, 0.6) is 0 Å². The van der Waals surface area contributed by atoms with Crippen molar-refractivity contribution < 1.29 is 4.42 Å². The highest BCUT2D eigenvalue weighted by atomic mass is 32.1. The molecule has 3 aromatic rings. The molecule has 0 fully saturated rings. The Morgan fingerprint density at radius 3 is 3.11 bits per heavy atom. The zero-order valence-electron chi connectivity index (χ0n) is 9.80. The van der Waals surface area contributed by atoms with E-state index in [0.29, 0.717) is 23.8 Å². The van der Waals surface area contributed by atoms with E-state index < -0.39 is 0 Å². The van der Waals surface area contributed by atoms with Crippen molar-refractivity contribution in [2.24, 2.45) is 0 Å². The molecule has 0 aliphatic heterocycles. The average Bonchev–Trinajstić information content (AvgIpc) is 2.92. The summed E-state index contributed by atoms with van der Waals surface area (Å²) in [5.74, 6) is 0. The number of aromatic nitrogens is 2. The van der Waals surface area contributed by atoms with E-state index in [1.54, 1.807) is 23.5 Å². The van der Waals surface area contributed by atoms with Crippen LogP contribution in [-0.4, -0.2) is 9.97 Å². The van der Waals surface area contributed by atoms with Crippen molar-refractivity contribution in [3.05, 3.63) is 34.3 Å². The van der Waals surface area contributed by atoms with Gasteiger partial charge in [-0.05, 0) is 19.1 Å². The molecule has 0 aliphatic rings. The van der Waals surface area contributed by atoms with Crippen molar-refractivity contribution >= 4 is 34.1 Å². The summed E-state index contributed by atoms with van der Waals surface area (Å²) in [6.45, 7) is 2.64. The van der Waals surface area contributed by atoms with Crippen molar-refractivity contribution in [2.45, 2.75) is 13.5 Å². The van der Waals surface area contributed by atoms with Crippen molar-refractivity contribution in [3.63, 3.8) is 0 Å². The summed E-state index contributed by atoms with van der Waals surface area (Å²) < 4.78 is 5.55. The van der Waals surface area contributed by atoms with Crippen molar-refractivity contribution in [2.75, 3.05) is 11.1 Å². The predicted molar refractivity (Wildman–Crippen MR) is 72.6 cm³/mol. The van der Waals surface area contributed by atoms with Crippen molar-refractivity contribution in [1.29, 1.82) is 0 Å². The fourth-order valence-electron chi connectivity index (χ4n) is 1.65. The average molecular weight is 260 g/mol. The maximum Gasteiger partial charge on any atom is 0.296 e. The topological polar surface area (TPSA) is 77.0 Å². The second-order valence-electron chi connectivity index (χ2n) is 3.96. The number of rotatable bonds is 3. The Hall–Kier alpha value is -2.08. The van der Waals surface area contributed by atoms with Crippen LogP contribution in [0.2, 0.25) is 0 Å². The molecule has 0 aliphatic carbocycles. The Morgan fingerprint density at radius 1 is 1.44 bits per heavy atom. The van der Waals surface area contributed by atoms with E-state index >= 15 is 0 Å². The minimum absolute atomic E-state index is 0.489. The number of anilines is 2. The zero-order valence-corrected chi connectivity index (χ0v) is 10.6. The summed E-state index contributed by atoms with van der Waals surface area (Å²) in [5.41, 5.74) is 7.83. The van der Waals surface area contributed by atoms with Gasteiger partial charge in [-0.2, -0.15) is 4.98 Å². The van der Waals surface area contributed by atoms with Crippen LogP contribution < -0.4 is 11.1 Å². The predicted octanol–water partition coefficient (Wildman–Crippen LogP) is 2.79. The molecule has 3 N–H and O–H groups in total. The Kier molecular flexibility index (Phi) is 2.64. The standard InChI is InChI=1S/C12H12N4OS/c1-7-5-14-11(18-7)6-15-12-16-9-3-2-8(13)4-10(9)17-12/h2-5H,6,13H2,1H3,(H,15,16). The molecule has 0 unspecified atom stereocenters. The maximum absolute atomic E-state index is 5.68. The Labute approximate surface area is 108 Å². The minimum Gasteiger partial charge on any atom is -0.423 e. The molecule has 0 radical (unpaired) electrons. The number of nitrogen functional groups attached to an aromatic ring is 1. The number of nitrogens with zero attached hydrogens (tertiary/aromatic N) is 2. The van der Waals surface area contributed by atoms with Crippen LogP contribution in [0.4, 0.5) is 11.7 Å². The van der Waals surface area contributed by atoms with Gasteiger partial charge in [0.1, 0.15) is 10.5 Å². The van der Waals surface area contributed by atoms with E-state index in [2.05, 4.69) is 15.3 Å². The number of fused-ring (bicyclic) bond motifs is 1. The summed E-state index contributed by atoms with van der Waals surface area (Å²) in [5, 5.41) is 4.12. The van der Waals surface area contributed by atoms with Gasteiger partial charge in [-0.15, -0.1) is 11.3 Å². The molecule has 3 rings (SSSR count). The van der Waals surface area contributed by atoms with Crippen LogP contribution in [0.3, 0.4) is 0 Å². The van der Waals surface area contributed by atoms with Crippen LogP contribution in [0, 0.1) is 6.92 Å². The number of nitrogens with one attached hydrogen (secondary N) is 1. The molecule has 0 saturated carbocycles. The van der Waals surface area contributed by atoms with E-state index in [1.807, 2.05) is 19.2 Å². The van der Waals surface area contributed by atoms with Gasteiger partial charge in [0.2, 0.25) is 0 Å². The van der Waals surface area contributed by atoms with Crippen LogP contribution in [-0.2, 0) is 6.54 Å². The SMILES string of the molecule is Cc1cnc(CNc2nc3ccc(N)cc3o2)s1. The van der Waals surface area contributed by atoms with Gasteiger partial charge in [0.05, 0.1) is 6.54 Å². The molecule has 0 saturated heterocycles. The molecule has 2 heterocycles. The lowest BCUT2D eigenvalue weighted by atomic mass is 10.3. The van der Waals surface area contributed by atoms with Crippen LogP contribution >= 0.6 is 11.3 Å². The van der Waals surface area contributed by atoms with E-state index in [9.17, 15) is 0 Å². The lowest BCUT2D eigenvalue weighted by molar-refractivity contribution is 0.614. The quantitative estimate of drug-likeness (QED) is 0.708. The van der Waals surface area contributed by atoms with Gasteiger partial charge in [-0.3, -0.25) is 0 Å². The first-order valence-corrected chi connectivity index (χ1v) is 6.33. The van der Waals surface area contributed by atoms with Gasteiger partial charge < -0.3 is 15.5 Å². The molecule has 0 bridgehead atoms. The first-order chi connectivity index (χ1) is 8.70. The first-order valence-electron chi connectivity index (χ1n) is 5.52. The van der Waals surface area contributed by atoms with Crippen LogP contribution in [0.25, 0.3) is 11.1 Å². The van der Waals surface area contributed by atoms with E-state index in [4.69, 9.17) is 10.2 Å². The van der Waals surface area contributed by atoms with Gasteiger partial charge >= 0.3 is 0 Å². The molecule has 92 valence electrons. The molecule has 0 atom stereocenters. The summed E-state index contributed by atoms with van der Waals surface area (Å²) in [4.78, 5) is 9.78. The number of nitrogens with two attached hydrogens (primary N) is 1. The van der Waals surface area contributed by atoms with Crippen molar-refractivity contribution in [3.8, 4) is 0 Å². The Balaban J connectivity index is 1.78. The van der Waals surface area contributed by atoms with E-state index in [-0.39, 0.29) is 0 Å². The van der Waals surface area contributed by atoms with Crippen LogP contribution in [0.15, 0.2) is 28.8 Å². The third-order valence-corrected chi connectivity index (χ3v) is 3.39. The lowest BCUT2D eigenvalue weighted by Gasteiger charge is -1.96. The first kappa shape index (κ1) is 11.0. The largest absolute Gasteiger partial charge is 0.423 e. The van der Waals surface area contributed by atoms with Crippen molar-refractivity contribution in [1.82, 2.24) is 9.97 Å². The number of aryl methyl sites for hydroxylation is 1. The van der Waals surface area contributed by atoms with Gasteiger partial charge in [0, 0.05) is 22.8 Å². The molecule has 18 heavy (non-hydrogen) atoms. The number of thiazole rings is 1.